The summed E-state index contributed by atoms with van der Waals surface area (Å²) >= 11 is 5.90. The van der Waals surface area contributed by atoms with Crippen LogP contribution in [0.3, 0.4) is 0 Å². The van der Waals surface area contributed by atoms with E-state index < -0.39 is 6.10 Å². The summed E-state index contributed by atoms with van der Waals surface area (Å²) in [6, 6.07) is 15.0. The van der Waals surface area contributed by atoms with Gasteiger partial charge in [0.2, 0.25) is 0 Å². The number of anilines is 1. The predicted molar refractivity (Wildman–Crippen MR) is 94.2 cm³/mol. The van der Waals surface area contributed by atoms with Crippen molar-refractivity contribution in [3.63, 3.8) is 0 Å². The minimum Gasteiger partial charge on any atom is -0.481 e. The topological polar surface area (TPSA) is 41.6 Å². The van der Waals surface area contributed by atoms with Crippen molar-refractivity contribution in [3.8, 4) is 5.75 Å². The van der Waals surface area contributed by atoms with E-state index in [2.05, 4.69) is 5.32 Å². The Morgan fingerprint density at radius 3 is 2.52 bits per heavy atom. The van der Waals surface area contributed by atoms with E-state index in [4.69, 9.17) is 16.3 Å². The molecule has 1 N–H and O–H groups in total. The molecule has 0 radical (unpaired) electrons. The van der Waals surface area contributed by atoms with Gasteiger partial charge in [0, 0.05) is 31.4 Å². The van der Waals surface area contributed by atoms with E-state index in [1.54, 1.807) is 31.2 Å². The molecule has 1 atom stereocenters. The molecular formula is C18H21ClN2O2. The van der Waals surface area contributed by atoms with E-state index >= 15 is 0 Å². The van der Waals surface area contributed by atoms with Gasteiger partial charge in [-0.25, -0.2) is 0 Å². The smallest absolute Gasteiger partial charge is 0.261 e. The van der Waals surface area contributed by atoms with Gasteiger partial charge in [-0.3, -0.25) is 4.79 Å². The summed E-state index contributed by atoms with van der Waals surface area (Å²) in [6.45, 7) is 2.18. The molecule has 0 fully saturated rings. The van der Waals surface area contributed by atoms with Gasteiger partial charge < -0.3 is 15.0 Å². The normalized spacial score (nSPS) is 11.7. The van der Waals surface area contributed by atoms with Gasteiger partial charge in [-0.2, -0.15) is 0 Å². The second-order valence-electron chi connectivity index (χ2n) is 5.50. The molecule has 0 saturated carbocycles. The van der Waals surface area contributed by atoms with E-state index in [-0.39, 0.29) is 5.91 Å². The SMILES string of the molecule is C[C@@H](Oc1cccc(Cl)c1)C(=O)NCc1ccc(N(C)C)cc1. The van der Waals surface area contributed by atoms with Gasteiger partial charge >= 0.3 is 0 Å². The zero-order valence-electron chi connectivity index (χ0n) is 13.5. The van der Waals surface area contributed by atoms with Crippen LogP contribution in [0.2, 0.25) is 5.02 Å². The minimum atomic E-state index is -0.588. The monoisotopic (exact) mass is 332 g/mol. The lowest BCUT2D eigenvalue weighted by Gasteiger charge is -2.16. The molecule has 0 saturated heterocycles. The summed E-state index contributed by atoms with van der Waals surface area (Å²) in [6.07, 6.45) is -0.588. The lowest BCUT2D eigenvalue weighted by Crippen LogP contribution is -2.35. The molecule has 0 aromatic heterocycles. The molecule has 2 aromatic rings. The standard InChI is InChI=1S/C18H21ClN2O2/c1-13(23-17-6-4-5-15(19)11-17)18(22)20-12-14-7-9-16(10-8-14)21(2)3/h4-11,13H,12H2,1-3H3,(H,20,22)/t13-/m1/s1. The molecule has 0 aliphatic carbocycles. The van der Waals surface area contributed by atoms with Crippen molar-refractivity contribution in [3.05, 3.63) is 59.1 Å². The van der Waals surface area contributed by atoms with Crippen molar-refractivity contribution < 1.29 is 9.53 Å². The van der Waals surface area contributed by atoms with Crippen LogP contribution in [0.5, 0.6) is 5.75 Å². The number of ether oxygens (including phenoxy) is 1. The molecule has 2 aromatic carbocycles. The first-order valence-electron chi connectivity index (χ1n) is 7.42. The summed E-state index contributed by atoms with van der Waals surface area (Å²) < 4.78 is 5.59. The Hall–Kier alpha value is -2.20. The Balaban J connectivity index is 1.86. The number of nitrogens with zero attached hydrogens (tertiary/aromatic N) is 1. The van der Waals surface area contributed by atoms with E-state index in [9.17, 15) is 4.79 Å². The number of amides is 1. The molecule has 0 bridgehead atoms. The highest BCUT2D eigenvalue weighted by atomic mass is 35.5. The highest BCUT2D eigenvalue weighted by Gasteiger charge is 2.14. The minimum absolute atomic E-state index is 0.165. The fourth-order valence-corrected chi connectivity index (χ4v) is 2.22. The quantitative estimate of drug-likeness (QED) is 0.880. The molecular weight excluding hydrogens is 312 g/mol. The Kier molecular flexibility index (Phi) is 5.88. The third-order valence-electron chi connectivity index (χ3n) is 3.40. The maximum atomic E-state index is 12.1. The third-order valence-corrected chi connectivity index (χ3v) is 3.63. The van der Waals surface area contributed by atoms with Crippen molar-refractivity contribution in [2.24, 2.45) is 0 Å². The van der Waals surface area contributed by atoms with Crippen molar-refractivity contribution in [1.29, 1.82) is 0 Å². The van der Waals surface area contributed by atoms with Crippen molar-refractivity contribution in [1.82, 2.24) is 5.32 Å². The molecule has 122 valence electrons. The van der Waals surface area contributed by atoms with Gasteiger partial charge in [0.25, 0.3) is 5.91 Å². The van der Waals surface area contributed by atoms with Gasteiger partial charge in [0.15, 0.2) is 6.10 Å². The molecule has 4 nitrogen and oxygen atoms in total. The Labute approximate surface area is 142 Å². The van der Waals surface area contributed by atoms with E-state index in [0.29, 0.717) is 17.3 Å². The fraction of sp³-hybridized carbons (Fsp3) is 0.278. The first-order valence-corrected chi connectivity index (χ1v) is 7.79. The average molecular weight is 333 g/mol. The Morgan fingerprint density at radius 2 is 1.91 bits per heavy atom. The first kappa shape index (κ1) is 17.2. The maximum absolute atomic E-state index is 12.1. The molecule has 1 amide bonds. The van der Waals surface area contributed by atoms with Crippen LogP contribution in [0.15, 0.2) is 48.5 Å². The molecule has 2 rings (SSSR count). The second-order valence-corrected chi connectivity index (χ2v) is 5.93. The van der Waals surface area contributed by atoms with Crippen LogP contribution in [0.25, 0.3) is 0 Å². The molecule has 0 heterocycles. The van der Waals surface area contributed by atoms with Gasteiger partial charge in [0.1, 0.15) is 5.75 Å². The Bertz CT molecular complexity index is 656. The molecule has 0 aliphatic rings. The second kappa shape index (κ2) is 7.88. The summed E-state index contributed by atoms with van der Waals surface area (Å²) in [5, 5.41) is 3.45. The molecule has 0 unspecified atom stereocenters. The number of carbonyl (C=O) groups is 1. The number of carbonyl (C=O) groups excluding carboxylic acids is 1. The van der Waals surface area contributed by atoms with Crippen LogP contribution >= 0.6 is 11.6 Å². The van der Waals surface area contributed by atoms with Gasteiger partial charge in [-0.1, -0.05) is 29.8 Å². The fourth-order valence-electron chi connectivity index (χ4n) is 2.04. The van der Waals surface area contributed by atoms with Gasteiger partial charge in [0.05, 0.1) is 0 Å². The molecule has 5 heteroatoms. The van der Waals surface area contributed by atoms with Crippen LogP contribution in [0.4, 0.5) is 5.69 Å². The third kappa shape index (κ3) is 5.18. The summed E-state index contributed by atoms with van der Waals surface area (Å²) in [5.41, 5.74) is 2.16. The number of benzene rings is 2. The summed E-state index contributed by atoms with van der Waals surface area (Å²) in [4.78, 5) is 14.1. The first-order chi connectivity index (χ1) is 11.0. The van der Waals surface area contributed by atoms with E-state index in [1.165, 1.54) is 0 Å². The summed E-state index contributed by atoms with van der Waals surface area (Å²) in [5.74, 6) is 0.414. The van der Waals surface area contributed by atoms with Crippen LogP contribution < -0.4 is 15.0 Å². The largest absolute Gasteiger partial charge is 0.481 e. The predicted octanol–water partition coefficient (Wildman–Crippen LogP) is 3.49. The van der Waals surface area contributed by atoms with Crippen molar-refractivity contribution >= 4 is 23.2 Å². The zero-order valence-corrected chi connectivity index (χ0v) is 14.3. The highest BCUT2D eigenvalue weighted by Crippen LogP contribution is 2.18. The van der Waals surface area contributed by atoms with Crippen molar-refractivity contribution in [2.45, 2.75) is 19.6 Å². The maximum Gasteiger partial charge on any atom is 0.261 e. The zero-order chi connectivity index (χ0) is 16.8. The van der Waals surface area contributed by atoms with Crippen LogP contribution in [0, 0.1) is 0 Å². The van der Waals surface area contributed by atoms with Gasteiger partial charge in [-0.15, -0.1) is 0 Å². The summed E-state index contributed by atoms with van der Waals surface area (Å²) in [7, 11) is 3.98. The average Bonchev–Trinajstić information content (AvgIpc) is 2.53. The lowest BCUT2D eigenvalue weighted by atomic mass is 10.2. The Morgan fingerprint density at radius 1 is 1.22 bits per heavy atom. The number of rotatable bonds is 6. The number of hydrogen-bond acceptors (Lipinski definition) is 3. The number of hydrogen-bond donors (Lipinski definition) is 1. The van der Waals surface area contributed by atoms with E-state index in [0.717, 1.165) is 11.3 Å². The van der Waals surface area contributed by atoms with Crippen LogP contribution in [0.1, 0.15) is 12.5 Å². The molecule has 0 aliphatic heterocycles. The number of halogens is 1. The van der Waals surface area contributed by atoms with Crippen LogP contribution in [-0.2, 0) is 11.3 Å². The highest BCUT2D eigenvalue weighted by molar-refractivity contribution is 6.30. The van der Waals surface area contributed by atoms with Crippen molar-refractivity contribution in [2.75, 3.05) is 19.0 Å². The number of nitrogens with one attached hydrogen (secondary N) is 1. The van der Waals surface area contributed by atoms with Crippen LogP contribution in [-0.4, -0.2) is 26.1 Å². The van der Waals surface area contributed by atoms with Gasteiger partial charge in [-0.05, 0) is 42.8 Å². The molecule has 23 heavy (non-hydrogen) atoms. The lowest BCUT2D eigenvalue weighted by molar-refractivity contribution is -0.127. The van der Waals surface area contributed by atoms with E-state index in [1.807, 2.05) is 43.3 Å². The molecule has 0 spiro atoms.